The molecule has 0 saturated carbocycles. The number of anilines is 2. The van der Waals surface area contributed by atoms with Crippen LogP contribution in [0.15, 0.2) is 36.5 Å². The highest BCUT2D eigenvalue weighted by Crippen LogP contribution is 2.18. The highest BCUT2D eigenvalue weighted by molar-refractivity contribution is 6.05. The normalized spacial score (nSPS) is 10.1. The molecule has 1 aromatic heterocycles. The van der Waals surface area contributed by atoms with E-state index in [0.717, 1.165) is 5.56 Å². The molecule has 0 unspecified atom stereocenters. The Labute approximate surface area is 106 Å². The first-order valence-corrected chi connectivity index (χ1v) is 5.67. The summed E-state index contributed by atoms with van der Waals surface area (Å²) in [5.74, 6) is -0.177. The Hall–Kier alpha value is -2.36. The number of carbonyl (C=O) groups is 1. The minimum Gasteiger partial charge on any atom is -0.398 e. The minimum absolute atomic E-state index is 0.177. The molecule has 3 N–H and O–H groups in total. The van der Waals surface area contributed by atoms with Crippen LogP contribution < -0.4 is 11.1 Å². The second-order valence-corrected chi connectivity index (χ2v) is 4.16. The van der Waals surface area contributed by atoms with Gasteiger partial charge in [0.15, 0.2) is 0 Å². The summed E-state index contributed by atoms with van der Waals surface area (Å²) in [5, 5.41) is 2.81. The maximum Gasteiger partial charge on any atom is 0.257 e. The Morgan fingerprint density at radius 1 is 1.28 bits per heavy atom. The molecule has 1 aromatic carbocycles. The summed E-state index contributed by atoms with van der Waals surface area (Å²) < 4.78 is 0. The first kappa shape index (κ1) is 12.1. The van der Waals surface area contributed by atoms with Crippen molar-refractivity contribution < 1.29 is 4.79 Å². The van der Waals surface area contributed by atoms with E-state index in [1.807, 2.05) is 19.1 Å². The number of nitrogen functional groups attached to an aromatic ring is 1. The van der Waals surface area contributed by atoms with Crippen LogP contribution in [-0.2, 0) is 0 Å². The first-order valence-electron chi connectivity index (χ1n) is 5.67. The molecule has 0 saturated heterocycles. The molecule has 0 spiro atoms. The number of amides is 1. The van der Waals surface area contributed by atoms with Crippen molar-refractivity contribution in [2.24, 2.45) is 0 Å². The molecule has 2 aromatic rings. The fourth-order valence-corrected chi connectivity index (χ4v) is 1.64. The zero-order valence-electron chi connectivity index (χ0n) is 10.4. The van der Waals surface area contributed by atoms with Gasteiger partial charge in [-0.1, -0.05) is 6.07 Å². The summed E-state index contributed by atoms with van der Waals surface area (Å²) in [6.07, 6.45) is 1.66. The van der Waals surface area contributed by atoms with Crippen molar-refractivity contribution in [3.05, 3.63) is 53.3 Å². The van der Waals surface area contributed by atoms with E-state index >= 15 is 0 Å². The SMILES string of the molecule is Cc1ccc(NC(=O)c2cccnc2C)cc1N. The summed E-state index contributed by atoms with van der Waals surface area (Å²) in [4.78, 5) is 16.1. The molecule has 0 aliphatic rings. The lowest BCUT2D eigenvalue weighted by Crippen LogP contribution is -2.14. The summed E-state index contributed by atoms with van der Waals surface area (Å²) in [5.41, 5.74) is 9.41. The summed E-state index contributed by atoms with van der Waals surface area (Å²) >= 11 is 0. The van der Waals surface area contributed by atoms with E-state index in [4.69, 9.17) is 5.73 Å². The lowest BCUT2D eigenvalue weighted by Gasteiger charge is -2.08. The van der Waals surface area contributed by atoms with E-state index < -0.39 is 0 Å². The van der Waals surface area contributed by atoms with E-state index in [1.165, 1.54) is 0 Å². The van der Waals surface area contributed by atoms with Crippen molar-refractivity contribution in [1.29, 1.82) is 0 Å². The number of carbonyl (C=O) groups excluding carboxylic acids is 1. The van der Waals surface area contributed by atoms with Crippen molar-refractivity contribution in [3.63, 3.8) is 0 Å². The maximum atomic E-state index is 12.0. The van der Waals surface area contributed by atoms with Gasteiger partial charge in [0.05, 0.1) is 5.56 Å². The number of nitrogens with one attached hydrogen (secondary N) is 1. The molecule has 0 atom stereocenters. The summed E-state index contributed by atoms with van der Waals surface area (Å²) in [7, 11) is 0. The van der Waals surface area contributed by atoms with Gasteiger partial charge in [-0.25, -0.2) is 0 Å². The molecule has 0 fully saturated rings. The largest absolute Gasteiger partial charge is 0.398 e. The lowest BCUT2D eigenvalue weighted by molar-refractivity contribution is 0.102. The Morgan fingerprint density at radius 2 is 2.06 bits per heavy atom. The predicted molar refractivity (Wildman–Crippen MR) is 72.5 cm³/mol. The molecule has 1 amide bonds. The fraction of sp³-hybridized carbons (Fsp3) is 0.143. The van der Waals surface area contributed by atoms with Crippen LogP contribution in [0.3, 0.4) is 0 Å². The van der Waals surface area contributed by atoms with Crippen molar-refractivity contribution in [2.45, 2.75) is 13.8 Å². The van der Waals surface area contributed by atoms with Crippen LogP contribution in [0.5, 0.6) is 0 Å². The highest BCUT2D eigenvalue weighted by atomic mass is 16.1. The lowest BCUT2D eigenvalue weighted by atomic mass is 10.1. The average molecular weight is 241 g/mol. The second kappa shape index (κ2) is 4.87. The number of rotatable bonds is 2. The Bertz CT molecular complexity index is 593. The standard InChI is InChI=1S/C14H15N3O/c1-9-5-6-11(8-13(9)15)17-14(18)12-4-3-7-16-10(12)2/h3-8H,15H2,1-2H3,(H,17,18). The number of aromatic nitrogens is 1. The van der Waals surface area contributed by atoms with Gasteiger partial charge in [0.2, 0.25) is 0 Å². The number of benzene rings is 1. The molecule has 2 rings (SSSR count). The zero-order chi connectivity index (χ0) is 13.1. The van der Waals surface area contributed by atoms with Crippen molar-refractivity contribution in [2.75, 3.05) is 11.1 Å². The van der Waals surface area contributed by atoms with Crippen LogP contribution in [0.1, 0.15) is 21.6 Å². The Kier molecular flexibility index (Phi) is 3.28. The maximum absolute atomic E-state index is 12.0. The Balaban J connectivity index is 2.22. The third-order valence-corrected chi connectivity index (χ3v) is 2.79. The van der Waals surface area contributed by atoms with Crippen molar-refractivity contribution in [3.8, 4) is 0 Å². The monoisotopic (exact) mass is 241 g/mol. The van der Waals surface area contributed by atoms with Crippen LogP contribution in [0, 0.1) is 13.8 Å². The van der Waals surface area contributed by atoms with Crippen LogP contribution >= 0.6 is 0 Å². The van der Waals surface area contributed by atoms with Crippen LogP contribution in [0.25, 0.3) is 0 Å². The van der Waals surface area contributed by atoms with Crippen LogP contribution in [0.2, 0.25) is 0 Å². The van der Waals surface area contributed by atoms with E-state index in [0.29, 0.717) is 22.6 Å². The third kappa shape index (κ3) is 2.48. The molecule has 92 valence electrons. The Morgan fingerprint density at radius 3 is 2.72 bits per heavy atom. The molecule has 18 heavy (non-hydrogen) atoms. The average Bonchev–Trinajstić information content (AvgIpc) is 2.34. The van der Waals surface area contributed by atoms with Crippen LogP contribution in [-0.4, -0.2) is 10.9 Å². The molecule has 1 heterocycles. The molecule has 4 heteroatoms. The van der Waals surface area contributed by atoms with E-state index in [9.17, 15) is 4.79 Å². The molecule has 0 radical (unpaired) electrons. The third-order valence-electron chi connectivity index (χ3n) is 2.79. The van der Waals surface area contributed by atoms with Gasteiger partial charge >= 0.3 is 0 Å². The van der Waals surface area contributed by atoms with Crippen LogP contribution in [0.4, 0.5) is 11.4 Å². The number of nitrogens with two attached hydrogens (primary N) is 1. The molecule has 0 aliphatic carbocycles. The fourth-order valence-electron chi connectivity index (χ4n) is 1.64. The smallest absolute Gasteiger partial charge is 0.257 e. The van der Waals surface area contributed by atoms with E-state index in [2.05, 4.69) is 10.3 Å². The first-order chi connectivity index (χ1) is 8.58. The molecule has 0 aliphatic heterocycles. The van der Waals surface area contributed by atoms with Gasteiger partial charge in [-0.2, -0.15) is 0 Å². The predicted octanol–water partition coefficient (Wildman–Crippen LogP) is 2.53. The molecular formula is C14H15N3O. The number of nitrogens with zero attached hydrogens (tertiary/aromatic N) is 1. The van der Waals surface area contributed by atoms with Gasteiger partial charge in [-0.05, 0) is 43.7 Å². The van der Waals surface area contributed by atoms with Gasteiger partial charge in [0, 0.05) is 23.3 Å². The summed E-state index contributed by atoms with van der Waals surface area (Å²) in [6, 6.07) is 8.94. The van der Waals surface area contributed by atoms with Gasteiger partial charge in [0.25, 0.3) is 5.91 Å². The van der Waals surface area contributed by atoms with Gasteiger partial charge < -0.3 is 11.1 Å². The van der Waals surface area contributed by atoms with Gasteiger partial charge in [-0.15, -0.1) is 0 Å². The number of pyridine rings is 1. The number of hydrogen-bond donors (Lipinski definition) is 2. The summed E-state index contributed by atoms with van der Waals surface area (Å²) in [6.45, 7) is 3.73. The zero-order valence-corrected chi connectivity index (χ0v) is 10.4. The number of hydrogen-bond acceptors (Lipinski definition) is 3. The van der Waals surface area contributed by atoms with Crippen molar-refractivity contribution >= 4 is 17.3 Å². The van der Waals surface area contributed by atoms with Crippen molar-refractivity contribution in [1.82, 2.24) is 4.98 Å². The second-order valence-electron chi connectivity index (χ2n) is 4.16. The minimum atomic E-state index is -0.177. The quantitative estimate of drug-likeness (QED) is 0.794. The van der Waals surface area contributed by atoms with Gasteiger partial charge in [0.1, 0.15) is 0 Å². The van der Waals surface area contributed by atoms with Gasteiger partial charge in [-0.3, -0.25) is 9.78 Å². The van der Waals surface area contributed by atoms with E-state index in [-0.39, 0.29) is 5.91 Å². The topological polar surface area (TPSA) is 68.0 Å². The number of aryl methyl sites for hydroxylation is 2. The molecule has 0 bridgehead atoms. The molecular weight excluding hydrogens is 226 g/mol. The highest BCUT2D eigenvalue weighted by Gasteiger charge is 2.09. The van der Waals surface area contributed by atoms with E-state index in [1.54, 1.807) is 31.3 Å². The molecule has 4 nitrogen and oxygen atoms in total.